The molecule has 0 aromatic rings. The molecule has 0 aromatic heterocycles. The largest absolute Gasteiger partial charge is 0.471 e. The first-order valence-electron chi connectivity index (χ1n) is 13.1. The van der Waals surface area contributed by atoms with Gasteiger partial charge in [0.15, 0.2) is 0 Å². The Morgan fingerprint density at radius 1 is 1.18 bits per heavy atom. The van der Waals surface area contributed by atoms with Crippen molar-refractivity contribution in [2.45, 2.75) is 108 Å². The average molecular weight is 558 g/mol. The van der Waals surface area contributed by atoms with Crippen molar-refractivity contribution in [3.05, 3.63) is 0 Å². The summed E-state index contributed by atoms with van der Waals surface area (Å²) in [5.41, 5.74) is -1.46. The van der Waals surface area contributed by atoms with E-state index in [2.05, 4.69) is 10.6 Å². The lowest BCUT2D eigenvalue weighted by Gasteiger charge is -2.36. The van der Waals surface area contributed by atoms with Gasteiger partial charge in [-0.25, -0.2) is 0 Å². The maximum absolute atomic E-state index is 13.7. The van der Waals surface area contributed by atoms with Crippen LogP contribution in [-0.2, 0) is 19.2 Å². The van der Waals surface area contributed by atoms with Gasteiger partial charge in [-0.05, 0) is 38.1 Å². The molecule has 4 amide bonds. The monoisotopic (exact) mass is 557 g/mol. The molecule has 9 nitrogen and oxygen atoms in total. The van der Waals surface area contributed by atoms with E-state index in [1.807, 2.05) is 25.2 Å². The van der Waals surface area contributed by atoms with E-state index in [1.54, 1.807) is 20.8 Å². The first-order chi connectivity index (χ1) is 17.4. The summed E-state index contributed by atoms with van der Waals surface area (Å²) in [7, 11) is -2.07. The van der Waals surface area contributed by atoms with Crippen molar-refractivity contribution in [3.8, 4) is 6.07 Å². The number of halogens is 3. The number of nitrogens with one attached hydrogen (secondary N) is 3. The lowest BCUT2D eigenvalue weighted by Crippen LogP contribution is -2.59. The van der Waals surface area contributed by atoms with Gasteiger partial charge in [-0.3, -0.25) is 19.2 Å². The van der Waals surface area contributed by atoms with Crippen molar-refractivity contribution in [1.82, 2.24) is 20.9 Å². The van der Waals surface area contributed by atoms with Crippen LogP contribution in [-0.4, -0.2) is 72.6 Å². The Labute approximate surface area is 222 Å². The van der Waals surface area contributed by atoms with Crippen LogP contribution in [0.3, 0.4) is 0 Å². The molecule has 4 atom stereocenters. The van der Waals surface area contributed by atoms with E-state index in [-0.39, 0.29) is 12.3 Å². The van der Waals surface area contributed by atoms with Crippen LogP contribution >= 0.6 is 0 Å². The summed E-state index contributed by atoms with van der Waals surface area (Å²) in [6.45, 7) is 8.42. The van der Waals surface area contributed by atoms with E-state index in [0.29, 0.717) is 18.6 Å². The number of amides is 4. The molecule has 38 heavy (non-hydrogen) atoms. The van der Waals surface area contributed by atoms with Crippen LogP contribution < -0.4 is 16.0 Å². The summed E-state index contributed by atoms with van der Waals surface area (Å²) in [6.07, 6.45) is -2.25. The third-order valence-corrected chi connectivity index (χ3v) is 13.1. The van der Waals surface area contributed by atoms with Crippen molar-refractivity contribution in [2.75, 3.05) is 6.17 Å². The zero-order valence-electron chi connectivity index (χ0n) is 22.6. The lowest BCUT2D eigenvalue weighted by atomic mass is 9.85. The van der Waals surface area contributed by atoms with Crippen molar-refractivity contribution < 1.29 is 32.3 Å². The van der Waals surface area contributed by atoms with Crippen molar-refractivity contribution >= 4 is 31.7 Å². The summed E-state index contributed by atoms with van der Waals surface area (Å²) in [5.74, 6) is -4.12. The SMILES string of the molecule is CC1(C)CC(CC(C#N)NC(=O)C2C[Si]3(CCCC3)CN2C(=O)C(NC(=O)C(F)(F)F)C(C)(C)C)C(=O)N1. The summed E-state index contributed by atoms with van der Waals surface area (Å²) >= 11 is 0. The zero-order valence-corrected chi connectivity index (χ0v) is 23.6. The predicted octanol–water partition coefficient (Wildman–Crippen LogP) is 2.39. The topological polar surface area (TPSA) is 131 Å². The van der Waals surface area contributed by atoms with Gasteiger partial charge in [0.25, 0.3) is 0 Å². The van der Waals surface area contributed by atoms with Crippen molar-refractivity contribution in [2.24, 2.45) is 11.3 Å². The second kappa shape index (κ2) is 10.5. The number of alkyl halides is 3. The number of hydrogen-bond donors (Lipinski definition) is 3. The molecule has 3 aliphatic rings. The van der Waals surface area contributed by atoms with E-state index >= 15 is 0 Å². The fraction of sp³-hybridized carbons (Fsp3) is 0.800. The first kappa shape index (κ1) is 29.9. The van der Waals surface area contributed by atoms with Gasteiger partial charge in [0.2, 0.25) is 17.7 Å². The Hall–Kier alpha value is -2.62. The molecule has 3 heterocycles. The van der Waals surface area contributed by atoms with E-state index in [4.69, 9.17) is 0 Å². The summed E-state index contributed by atoms with van der Waals surface area (Å²) in [4.78, 5) is 52.7. The number of nitrogens with zero attached hydrogens (tertiary/aromatic N) is 2. The van der Waals surface area contributed by atoms with Crippen molar-refractivity contribution in [3.63, 3.8) is 0 Å². The third kappa shape index (κ3) is 6.68. The third-order valence-electron chi connectivity index (χ3n) is 7.99. The summed E-state index contributed by atoms with van der Waals surface area (Å²) in [5, 5.41) is 17.1. The number of rotatable bonds is 6. The van der Waals surface area contributed by atoms with Crippen LogP contribution in [0.1, 0.15) is 60.3 Å². The van der Waals surface area contributed by atoms with E-state index in [0.717, 1.165) is 24.9 Å². The molecule has 0 aliphatic carbocycles. The molecule has 3 rings (SSSR count). The number of carbonyl (C=O) groups excluding carboxylic acids is 4. The first-order valence-corrected chi connectivity index (χ1v) is 15.9. The van der Waals surface area contributed by atoms with Gasteiger partial charge in [-0.15, -0.1) is 0 Å². The standard InChI is InChI=1S/C25H38F3N5O4Si/c1-23(2,3)18(31-22(37)25(26,27)28)21(36)33-14-38(8-6-7-9-38)13-17(33)20(35)30-16(12-29)10-15-11-24(4,5)32-19(15)34/h15-18H,6-11,13-14H2,1-5H3,(H,30,35)(H,31,37)(H,32,34). The highest BCUT2D eigenvalue weighted by atomic mass is 28.3. The Kier molecular flexibility index (Phi) is 8.27. The highest BCUT2D eigenvalue weighted by Gasteiger charge is 2.54. The number of carbonyl (C=O) groups is 4. The zero-order chi connectivity index (χ0) is 28.7. The van der Waals surface area contributed by atoms with Crippen LogP contribution in [0.25, 0.3) is 0 Å². The molecule has 0 radical (unpaired) electrons. The molecule has 3 N–H and O–H groups in total. The minimum atomic E-state index is -5.16. The fourth-order valence-electron chi connectivity index (χ4n) is 6.12. The van der Waals surface area contributed by atoms with Crippen molar-refractivity contribution in [1.29, 1.82) is 5.26 Å². The van der Waals surface area contributed by atoms with Gasteiger partial charge in [0, 0.05) is 17.6 Å². The second-order valence-electron chi connectivity index (χ2n) is 12.9. The predicted molar refractivity (Wildman–Crippen MR) is 135 cm³/mol. The Morgan fingerprint density at radius 3 is 2.26 bits per heavy atom. The van der Waals surface area contributed by atoms with Gasteiger partial charge in [0.1, 0.15) is 18.1 Å². The molecule has 1 spiro atoms. The van der Waals surface area contributed by atoms with E-state index in [1.165, 1.54) is 4.90 Å². The van der Waals surface area contributed by atoms with E-state index in [9.17, 15) is 37.6 Å². The summed E-state index contributed by atoms with van der Waals surface area (Å²) < 4.78 is 39.2. The van der Waals surface area contributed by atoms with Crippen LogP contribution in [0.15, 0.2) is 0 Å². The second-order valence-corrected chi connectivity index (χ2v) is 17.6. The molecule has 212 valence electrons. The molecule has 0 bridgehead atoms. The molecule has 13 heteroatoms. The normalized spacial score (nSPS) is 26.0. The highest BCUT2D eigenvalue weighted by molar-refractivity contribution is 6.82. The van der Waals surface area contributed by atoms with Crippen LogP contribution in [0, 0.1) is 22.7 Å². The minimum absolute atomic E-state index is 0.118. The maximum Gasteiger partial charge on any atom is 0.471 e. The van der Waals surface area contributed by atoms with Gasteiger partial charge in [-0.2, -0.15) is 18.4 Å². The quantitative estimate of drug-likeness (QED) is 0.432. The molecule has 0 aromatic carbocycles. The van der Waals surface area contributed by atoms with Crippen LogP contribution in [0.4, 0.5) is 13.2 Å². The molecule has 3 saturated heterocycles. The van der Waals surface area contributed by atoms with Gasteiger partial charge in [0.05, 0.1) is 14.1 Å². The van der Waals surface area contributed by atoms with Gasteiger partial charge >= 0.3 is 12.1 Å². The smallest absolute Gasteiger partial charge is 0.351 e. The van der Waals surface area contributed by atoms with Crippen LogP contribution in [0.2, 0.25) is 18.1 Å². The highest BCUT2D eigenvalue weighted by Crippen LogP contribution is 2.42. The Balaban J connectivity index is 1.82. The molecule has 0 saturated carbocycles. The molecule has 4 unspecified atom stereocenters. The average Bonchev–Trinajstić information content (AvgIpc) is 3.47. The number of nitriles is 1. The molecule has 3 aliphatic heterocycles. The lowest BCUT2D eigenvalue weighted by molar-refractivity contribution is -0.176. The maximum atomic E-state index is 13.7. The Bertz CT molecular complexity index is 1010. The molecular formula is C25H38F3N5O4Si. The Morgan fingerprint density at radius 2 is 1.79 bits per heavy atom. The summed E-state index contributed by atoms with van der Waals surface area (Å²) in [6, 6.07) is 0.929. The van der Waals surface area contributed by atoms with Crippen LogP contribution in [0.5, 0.6) is 0 Å². The molecular weight excluding hydrogens is 519 g/mol. The molecule has 3 fully saturated rings. The minimum Gasteiger partial charge on any atom is -0.351 e. The fourth-order valence-corrected chi connectivity index (χ4v) is 11.5. The van der Waals surface area contributed by atoms with Gasteiger partial charge in [-0.1, -0.05) is 45.7 Å². The van der Waals surface area contributed by atoms with E-state index < -0.39 is 67.0 Å². The number of hydrogen-bond acceptors (Lipinski definition) is 5. The van der Waals surface area contributed by atoms with Gasteiger partial charge < -0.3 is 20.9 Å².